The lowest BCUT2D eigenvalue weighted by molar-refractivity contribution is -0.121. The van der Waals surface area contributed by atoms with Crippen molar-refractivity contribution in [1.29, 1.82) is 0 Å². The topological polar surface area (TPSA) is 29.1 Å². The summed E-state index contributed by atoms with van der Waals surface area (Å²) in [6, 6.07) is 8.31. The number of rotatable bonds is 5. The Hall–Kier alpha value is -1.39. The maximum Gasteiger partial charge on any atom is 0.225 e. The van der Waals surface area contributed by atoms with E-state index < -0.39 is 5.82 Å². The lowest BCUT2D eigenvalue weighted by Gasteiger charge is -2.21. The van der Waals surface area contributed by atoms with Crippen molar-refractivity contribution in [3.8, 4) is 0 Å². The molecule has 0 fully saturated rings. The monoisotopic (exact) mass is 325 g/mol. The summed E-state index contributed by atoms with van der Waals surface area (Å²) in [6.45, 7) is 4.08. The van der Waals surface area contributed by atoms with Crippen LogP contribution in [0.5, 0.6) is 0 Å². The fourth-order valence-electron chi connectivity index (χ4n) is 2.12. The zero-order chi connectivity index (χ0) is 15.4. The van der Waals surface area contributed by atoms with Crippen LogP contribution >= 0.6 is 22.9 Å². The van der Waals surface area contributed by atoms with E-state index in [-0.39, 0.29) is 34.9 Å². The third-order valence-electron chi connectivity index (χ3n) is 3.23. The van der Waals surface area contributed by atoms with Crippen LogP contribution < -0.4 is 5.32 Å². The van der Waals surface area contributed by atoms with Gasteiger partial charge in [0, 0.05) is 15.5 Å². The van der Waals surface area contributed by atoms with Gasteiger partial charge in [-0.2, -0.15) is 0 Å². The van der Waals surface area contributed by atoms with Crippen molar-refractivity contribution in [3.63, 3.8) is 0 Å². The largest absolute Gasteiger partial charge is 0.348 e. The Morgan fingerprint density at radius 3 is 2.67 bits per heavy atom. The summed E-state index contributed by atoms with van der Waals surface area (Å²) in [5.74, 6) is -0.423. The van der Waals surface area contributed by atoms with E-state index in [1.807, 2.05) is 31.4 Å². The average molecular weight is 326 g/mol. The minimum Gasteiger partial charge on any atom is -0.348 e. The summed E-state index contributed by atoms with van der Waals surface area (Å²) in [5.41, 5.74) is 0.241. The number of nitrogens with one attached hydrogen (secondary N) is 1. The van der Waals surface area contributed by atoms with Crippen LogP contribution in [0.4, 0.5) is 4.39 Å². The molecule has 1 amide bonds. The molecule has 0 saturated heterocycles. The van der Waals surface area contributed by atoms with E-state index in [1.165, 1.54) is 12.1 Å². The predicted molar refractivity (Wildman–Crippen MR) is 85.2 cm³/mol. The second-order valence-electron chi connectivity index (χ2n) is 5.18. The second-order valence-corrected chi connectivity index (χ2v) is 6.57. The van der Waals surface area contributed by atoms with Crippen molar-refractivity contribution < 1.29 is 9.18 Å². The van der Waals surface area contributed by atoms with Crippen LogP contribution in [0, 0.1) is 11.7 Å². The zero-order valence-electron chi connectivity index (χ0n) is 11.9. The molecule has 0 spiro atoms. The maximum absolute atomic E-state index is 13.7. The highest BCUT2D eigenvalue weighted by molar-refractivity contribution is 7.10. The molecule has 1 atom stereocenters. The van der Waals surface area contributed by atoms with Gasteiger partial charge in [-0.1, -0.05) is 37.6 Å². The number of carbonyl (C=O) groups excluding carboxylic acids is 1. The molecule has 1 heterocycles. The van der Waals surface area contributed by atoms with Crippen molar-refractivity contribution in [3.05, 3.63) is 57.0 Å². The van der Waals surface area contributed by atoms with Gasteiger partial charge in [-0.15, -0.1) is 11.3 Å². The Balaban J connectivity index is 2.10. The van der Waals surface area contributed by atoms with E-state index in [0.29, 0.717) is 0 Å². The maximum atomic E-state index is 13.7. The molecular formula is C16H17ClFNOS. The molecule has 1 aromatic heterocycles. The predicted octanol–water partition coefficient (Wildman–Crippen LogP) is 4.60. The van der Waals surface area contributed by atoms with Crippen LogP contribution in [0.15, 0.2) is 35.7 Å². The number of halogens is 2. The van der Waals surface area contributed by atoms with Gasteiger partial charge in [-0.3, -0.25) is 4.79 Å². The van der Waals surface area contributed by atoms with E-state index in [9.17, 15) is 9.18 Å². The van der Waals surface area contributed by atoms with Crippen LogP contribution in [0.1, 0.15) is 30.3 Å². The van der Waals surface area contributed by atoms with Gasteiger partial charge in [0.15, 0.2) is 0 Å². The fraction of sp³-hybridized carbons (Fsp3) is 0.312. The van der Waals surface area contributed by atoms with Crippen LogP contribution in [0.2, 0.25) is 5.02 Å². The second kappa shape index (κ2) is 7.05. The minimum absolute atomic E-state index is 0.0555. The zero-order valence-corrected chi connectivity index (χ0v) is 13.5. The van der Waals surface area contributed by atoms with Crippen LogP contribution in [0.3, 0.4) is 0 Å². The highest BCUT2D eigenvalue weighted by Gasteiger charge is 2.20. The first-order valence-corrected chi connectivity index (χ1v) is 8.00. The molecule has 112 valence electrons. The third-order valence-corrected chi connectivity index (χ3v) is 4.54. The third kappa shape index (κ3) is 4.05. The Bertz CT molecular complexity index is 592. The molecule has 2 rings (SSSR count). The Morgan fingerprint density at radius 1 is 1.33 bits per heavy atom. The van der Waals surface area contributed by atoms with Crippen molar-refractivity contribution in [2.24, 2.45) is 5.92 Å². The van der Waals surface area contributed by atoms with Crippen molar-refractivity contribution in [2.45, 2.75) is 26.3 Å². The van der Waals surface area contributed by atoms with Gasteiger partial charge in [-0.05, 0) is 29.5 Å². The van der Waals surface area contributed by atoms with Crippen LogP contribution in [0.25, 0.3) is 0 Å². The van der Waals surface area contributed by atoms with Gasteiger partial charge in [0.25, 0.3) is 0 Å². The van der Waals surface area contributed by atoms with E-state index in [2.05, 4.69) is 5.32 Å². The number of hydrogen-bond donors (Lipinski definition) is 1. The smallest absolute Gasteiger partial charge is 0.225 e. The normalized spacial score (nSPS) is 12.4. The molecule has 21 heavy (non-hydrogen) atoms. The lowest BCUT2D eigenvalue weighted by atomic mass is 10.0. The molecule has 0 unspecified atom stereocenters. The number of benzene rings is 1. The number of thiophene rings is 1. The Morgan fingerprint density at radius 2 is 2.10 bits per heavy atom. The van der Waals surface area contributed by atoms with Gasteiger partial charge < -0.3 is 5.32 Å². The SMILES string of the molecule is CC(C)[C@@H](NC(=O)Cc1c(F)cccc1Cl)c1cccs1. The summed E-state index contributed by atoms with van der Waals surface area (Å²) >= 11 is 7.55. The van der Waals surface area contributed by atoms with E-state index in [4.69, 9.17) is 11.6 Å². The molecule has 0 aliphatic heterocycles. The highest BCUT2D eigenvalue weighted by Crippen LogP contribution is 2.26. The van der Waals surface area contributed by atoms with Crippen molar-refractivity contribution in [2.75, 3.05) is 0 Å². The van der Waals surface area contributed by atoms with Gasteiger partial charge >= 0.3 is 0 Å². The summed E-state index contributed by atoms with van der Waals surface area (Å²) in [4.78, 5) is 13.3. The number of amides is 1. The summed E-state index contributed by atoms with van der Waals surface area (Å²) < 4.78 is 13.7. The summed E-state index contributed by atoms with van der Waals surface area (Å²) in [6.07, 6.45) is -0.0555. The Kier molecular flexibility index (Phi) is 5.37. The van der Waals surface area contributed by atoms with E-state index >= 15 is 0 Å². The first kappa shape index (κ1) is 16.0. The summed E-state index contributed by atoms with van der Waals surface area (Å²) in [5, 5.41) is 5.22. The minimum atomic E-state index is -0.449. The molecule has 0 bridgehead atoms. The molecule has 1 N–H and O–H groups in total. The molecule has 2 nitrogen and oxygen atoms in total. The van der Waals surface area contributed by atoms with Crippen LogP contribution in [-0.4, -0.2) is 5.91 Å². The van der Waals surface area contributed by atoms with Crippen molar-refractivity contribution in [1.82, 2.24) is 5.32 Å². The highest BCUT2D eigenvalue weighted by atomic mass is 35.5. The molecule has 2 aromatic rings. The van der Waals surface area contributed by atoms with Gasteiger partial charge in [0.1, 0.15) is 5.82 Å². The molecule has 0 saturated carbocycles. The average Bonchev–Trinajstić information content (AvgIpc) is 2.94. The molecule has 5 heteroatoms. The summed E-state index contributed by atoms with van der Waals surface area (Å²) in [7, 11) is 0. The molecule has 0 aliphatic rings. The number of carbonyl (C=O) groups is 1. The van der Waals surface area contributed by atoms with E-state index in [1.54, 1.807) is 17.4 Å². The first-order chi connectivity index (χ1) is 9.99. The van der Waals surface area contributed by atoms with Gasteiger partial charge in [0.2, 0.25) is 5.91 Å². The molecule has 1 aromatic carbocycles. The van der Waals surface area contributed by atoms with Gasteiger partial charge in [-0.25, -0.2) is 4.39 Å². The lowest BCUT2D eigenvalue weighted by Crippen LogP contribution is -2.32. The van der Waals surface area contributed by atoms with Gasteiger partial charge in [0.05, 0.1) is 12.5 Å². The fourth-order valence-corrected chi connectivity index (χ4v) is 3.30. The first-order valence-electron chi connectivity index (χ1n) is 6.74. The quantitative estimate of drug-likeness (QED) is 0.855. The molecule has 0 aliphatic carbocycles. The van der Waals surface area contributed by atoms with E-state index in [0.717, 1.165) is 4.88 Å². The standard InChI is InChI=1S/C16H17ClFNOS/c1-10(2)16(14-7-4-8-21-14)19-15(20)9-11-12(17)5-3-6-13(11)18/h3-8,10,16H,9H2,1-2H3,(H,19,20)/t16-/m1/s1. The Labute approximate surface area is 132 Å². The van der Waals surface area contributed by atoms with Crippen molar-refractivity contribution >= 4 is 28.8 Å². The van der Waals surface area contributed by atoms with Crippen LogP contribution in [-0.2, 0) is 11.2 Å². The number of hydrogen-bond acceptors (Lipinski definition) is 2. The molecule has 0 radical (unpaired) electrons. The molecular weight excluding hydrogens is 309 g/mol.